The second-order valence-electron chi connectivity index (χ2n) is 8.06. The fraction of sp³-hybridized carbons (Fsp3) is 0.269. The lowest BCUT2D eigenvalue weighted by atomic mass is 10.1. The number of hydrogen-bond donors (Lipinski definition) is 0. The van der Waals surface area contributed by atoms with Crippen LogP contribution in [0.25, 0.3) is 0 Å². The zero-order chi connectivity index (χ0) is 24.1. The summed E-state index contributed by atoms with van der Waals surface area (Å²) in [6, 6.07) is 17.4. The lowest BCUT2D eigenvalue weighted by Crippen LogP contribution is -2.26. The summed E-state index contributed by atoms with van der Waals surface area (Å²) >= 11 is 0. The molecule has 0 saturated carbocycles. The molecule has 3 aromatic rings. The maximum Gasteiger partial charge on any atom is 0.241 e. The summed E-state index contributed by atoms with van der Waals surface area (Å²) in [6.45, 7) is 2.63. The third kappa shape index (κ3) is 4.87. The second-order valence-corrected chi connectivity index (χ2v) is 8.06. The Balaban J connectivity index is 1.79. The minimum atomic E-state index is -0.557. The number of aromatic nitrogens is 1. The zero-order valence-electron chi connectivity index (χ0n) is 20.1. The van der Waals surface area contributed by atoms with E-state index in [9.17, 15) is 0 Å². The molecule has 1 unspecified atom stereocenters. The Morgan fingerprint density at radius 1 is 1.03 bits per heavy atom. The van der Waals surface area contributed by atoms with E-state index in [2.05, 4.69) is 16.0 Å². The molecule has 2 aromatic carbocycles. The van der Waals surface area contributed by atoms with Gasteiger partial charge in [-0.25, -0.2) is 10.0 Å². The summed E-state index contributed by atoms with van der Waals surface area (Å²) in [5, 5.41) is 6.57. The van der Waals surface area contributed by atoms with Crippen LogP contribution in [-0.4, -0.2) is 54.9 Å². The highest BCUT2D eigenvalue weighted by molar-refractivity contribution is 5.97. The molecule has 0 spiro atoms. The Kier molecular flexibility index (Phi) is 7.08. The summed E-state index contributed by atoms with van der Waals surface area (Å²) in [5.74, 6) is 2.59. The fourth-order valence-corrected chi connectivity index (χ4v) is 3.85. The Hall–Kier alpha value is -3.91. The number of nitrogens with zero attached hydrogens (tertiary/aromatic N) is 5. The third-order valence-electron chi connectivity index (χ3n) is 5.35. The van der Waals surface area contributed by atoms with Crippen molar-refractivity contribution in [3.05, 3.63) is 83.7 Å². The van der Waals surface area contributed by atoms with Crippen LogP contribution in [0, 0.1) is 0 Å². The van der Waals surface area contributed by atoms with Crippen LogP contribution in [0.5, 0.6) is 11.5 Å². The predicted molar refractivity (Wildman–Crippen MR) is 133 cm³/mol. The van der Waals surface area contributed by atoms with Crippen LogP contribution in [0.4, 0.5) is 5.69 Å². The third-order valence-corrected chi connectivity index (χ3v) is 5.35. The van der Waals surface area contributed by atoms with Crippen molar-refractivity contribution in [1.29, 1.82) is 0 Å². The van der Waals surface area contributed by atoms with E-state index < -0.39 is 6.23 Å². The van der Waals surface area contributed by atoms with Gasteiger partial charge in [0.25, 0.3) is 0 Å². The quantitative estimate of drug-likeness (QED) is 0.380. The van der Waals surface area contributed by atoms with Gasteiger partial charge in [-0.3, -0.25) is 4.98 Å². The van der Waals surface area contributed by atoms with E-state index in [-0.39, 0.29) is 0 Å². The first-order valence-electron chi connectivity index (χ1n) is 11.0. The predicted octanol–water partition coefficient (Wildman–Crippen LogP) is 4.60. The molecular weight excluding hydrogens is 430 g/mol. The summed E-state index contributed by atoms with van der Waals surface area (Å²) in [4.78, 5) is 11.0. The lowest BCUT2D eigenvalue weighted by Gasteiger charge is -2.25. The molecule has 1 aliphatic rings. The number of benzene rings is 2. The molecule has 0 N–H and O–H groups in total. The normalized spacial score (nSPS) is 15.8. The van der Waals surface area contributed by atoms with Crippen LogP contribution in [0.1, 0.15) is 29.8 Å². The highest BCUT2D eigenvalue weighted by Crippen LogP contribution is 2.38. The SMILES string of the molecule is COc1ccccc1N=C(C)N1N=C(c2ccncc2)OC1c1cccc(CN(C)C)c1OC. The van der Waals surface area contributed by atoms with E-state index in [4.69, 9.17) is 24.3 Å². The molecule has 4 rings (SSSR count). The summed E-state index contributed by atoms with van der Waals surface area (Å²) in [7, 11) is 7.36. The van der Waals surface area contributed by atoms with Gasteiger partial charge in [0.05, 0.1) is 19.8 Å². The highest BCUT2D eigenvalue weighted by atomic mass is 16.5. The Labute approximate surface area is 200 Å². The van der Waals surface area contributed by atoms with Gasteiger partial charge >= 0.3 is 0 Å². The molecule has 0 bridgehead atoms. The molecule has 2 heterocycles. The molecule has 0 saturated heterocycles. The minimum Gasteiger partial charge on any atom is -0.496 e. The van der Waals surface area contributed by atoms with E-state index >= 15 is 0 Å². The van der Waals surface area contributed by atoms with Crippen molar-refractivity contribution in [2.75, 3.05) is 28.3 Å². The maximum absolute atomic E-state index is 6.41. The van der Waals surface area contributed by atoms with E-state index in [0.717, 1.165) is 29.0 Å². The van der Waals surface area contributed by atoms with E-state index in [1.165, 1.54) is 0 Å². The van der Waals surface area contributed by atoms with Crippen molar-refractivity contribution >= 4 is 17.4 Å². The van der Waals surface area contributed by atoms with Crippen LogP contribution in [-0.2, 0) is 11.3 Å². The molecule has 8 nitrogen and oxygen atoms in total. The molecule has 1 atom stereocenters. The Morgan fingerprint density at radius 2 is 1.79 bits per heavy atom. The van der Waals surface area contributed by atoms with E-state index in [1.54, 1.807) is 31.6 Å². The standard InChI is InChI=1S/C26H29N5O3/c1-18(28-22-11-6-7-12-23(22)32-4)31-26(34-25(29-31)19-13-15-27-16-14-19)21-10-8-9-20(17-30(2)3)24(21)33-5/h6-16,26H,17H2,1-5H3. The smallest absolute Gasteiger partial charge is 0.241 e. The number of ether oxygens (including phenoxy) is 3. The zero-order valence-corrected chi connectivity index (χ0v) is 20.1. The average Bonchev–Trinajstić information content (AvgIpc) is 3.30. The van der Waals surface area contributed by atoms with Gasteiger partial charge in [-0.2, -0.15) is 0 Å². The van der Waals surface area contributed by atoms with Crippen molar-refractivity contribution in [2.24, 2.45) is 10.1 Å². The molecule has 0 radical (unpaired) electrons. The second kappa shape index (κ2) is 10.4. The van der Waals surface area contributed by atoms with Gasteiger partial charge < -0.3 is 19.1 Å². The number of para-hydroxylation sites is 3. The minimum absolute atomic E-state index is 0.488. The first kappa shape index (κ1) is 23.3. The highest BCUT2D eigenvalue weighted by Gasteiger charge is 2.35. The average molecular weight is 460 g/mol. The number of hydrogen-bond acceptors (Lipinski definition) is 7. The summed E-state index contributed by atoms with van der Waals surface area (Å²) < 4.78 is 17.7. The van der Waals surface area contributed by atoms with Gasteiger partial charge in [0.2, 0.25) is 12.1 Å². The van der Waals surface area contributed by atoms with Gasteiger partial charge in [-0.1, -0.05) is 24.3 Å². The molecule has 1 aliphatic heterocycles. The van der Waals surface area contributed by atoms with Crippen LogP contribution in [0.15, 0.2) is 77.1 Å². The van der Waals surface area contributed by atoms with Crippen LogP contribution in [0.3, 0.4) is 0 Å². The van der Waals surface area contributed by atoms with Gasteiger partial charge in [0.1, 0.15) is 23.0 Å². The van der Waals surface area contributed by atoms with Crippen molar-refractivity contribution in [3.63, 3.8) is 0 Å². The van der Waals surface area contributed by atoms with Crippen molar-refractivity contribution in [2.45, 2.75) is 19.7 Å². The molecule has 0 amide bonds. The van der Waals surface area contributed by atoms with Crippen LogP contribution in [0.2, 0.25) is 0 Å². The van der Waals surface area contributed by atoms with Crippen LogP contribution < -0.4 is 9.47 Å². The molecule has 34 heavy (non-hydrogen) atoms. The molecule has 176 valence electrons. The van der Waals surface area contributed by atoms with Gasteiger partial charge in [-0.15, -0.1) is 5.10 Å². The number of hydrazone groups is 1. The first-order valence-corrected chi connectivity index (χ1v) is 11.0. The van der Waals surface area contributed by atoms with Gasteiger partial charge in [-0.05, 0) is 51.4 Å². The Morgan fingerprint density at radius 3 is 2.50 bits per heavy atom. The number of rotatable bonds is 7. The molecule has 1 aromatic heterocycles. The van der Waals surface area contributed by atoms with Crippen LogP contribution >= 0.6 is 0 Å². The van der Waals surface area contributed by atoms with Crippen molar-refractivity contribution in [3.8, 4) is 11.5 Å². The summed E-state index contributed by atoms with van der Waals surface area (Å²) in [5.41, 5.74) is 3.47. The Bertz CT molecular complexity index is 1190. The molecule has 0 fully saturated rings. The number of amidine groups is 1. The largest absolute Gasteiger partial charge is 0.496 e. The van der Waals surface area contributed by atoms with Crippen molar-refractivity contribution in [1.82, 2.24) is 14.9 Å². The summed E-state index contributed by atoms with van der Waals surface area (Å²) in [6.07, 6.45) is 2.87. The van der Waals surface area contributed by atoms with E-state index in [0.29, 0.717) is 23.2 Å². The number of aliphatic imine (C=N–C) groups is 1. The molecule has 0 aliphatic carbocycles. The first-order chi connectivity index (χ1) is 16.5. The molecule has 8 heteroatoms. The van der Waals surface area contributed by atoms with Gasteiger partial charge in [0, 0.05) is 30.1 Å². The number of pyridine rings is 1. The number of methoxy groups -OCH3 is 2. The van der Waals surface area contributed by atoms with E-state index in [1.807, 2.05) is 69.6 Å². The topological polar surface area (TPSA) is 71.8 Å². The van der Waals surface area contributed by atoms with Gasteiger partial charge in [0.15, 0.2) is 0 Å². The maximum atomic E-state index is 6.41. The monoisotopic (exact) mass is 459 g/mol. The van der Waals surface area contributed by atoms with Crippen molar-refractivity contribution < 1.29 is 14.2 Å². The lowest BCUT2D eigenvalue weighted by molar-refractivity contribution is 0.107. The fourth-order valence-electron chi connectivity index (χ4n) is 3.85. The molecular formula is C26H29N5O3.